The Morgan fingerprint density at radius 3 is 2.39 bits per heavy atom. The van der Waals surface area contributed by atoms with Gasteiger partial charge in [0.2, 0.25) is 0 Å². The largest absolute Gasteiger partial charge is 0.497 e. The van der Waals surface area contributed by atoms with E-state index in [1.807, 2.05) is 0 Å². The predicted octanol–water partition coefficient (Wildman–Crippen LogP) is 1.72. The summed E-state index contributed by atoms with van der Waals surface area (Å²) in [4.78, 5) is 61.2. The zero-order valence-electron chi connectivity index (χ0n) is 24.8. The van der Waals surface area contributed by atoms with Crippen molar-refractivity contribution in [1.82, 2.24) is 10.2 Å². The number of aliphatic hydroxyl groups excluding tert-OH is 1. The van der Waals surface area contributed by atoms with E-state index in [1.165, 1.54) is 31.5 Å². The van der Waals surface area contributed by atoms with E-state index in [0.29, 0.717) is 11.3 Å². The molecule has 1 aromatic rings. The van der Waals surface area contributed by atoms with E-state index in [9.17, 15) is 43.5 Å². The number of nitro benzene ring substituents is 1. The van der Waals surface area contributed by atoms with E-state index >= 15 is 0 Å². The van der Waals surface area contributed by atoms with Crippen molar-refractivity contribution in [3.05, 3.63) is 45.6 Å². The molecular weight excluding hydrogens is 685 g/mol. The Kier molecular flexibility index (Phi) is 12.0. The molecule has 0 radical (unpaired) electrons. The van der Waals surface area contributed by atoms with Crippen molar-refractivity contribution in [2.45, 2.75) is 57.9 Å². The quantitative estimate of drug-likeness (QED) is 0.0817. The second-order valence-electron chi connectivity index (χ2n) is 11.1. The second kappa shape index (κ2) is 14.4. The van der Waals surface area contributed by atoms with Crippen molar-refractivity contribution in [2.75, 3.05) is 20.3 Å². The summed E-state index contributed by atoms with van der Waals surface area (Å²) in [6, 6.07) is 3.49. The number of urea groups is 1. The third-order valence-electron chi connectivity index (χ3n) is 6.47. The molecule has 2 amide bonds. The maximum Gasteiger partial charge on any atom is 0.490 e. The van der Waals surface area contributed by atoms with E-state index in [4.69, 9.17) is 29.7 Å². The summed E-state index contributed by atoms with van der Waals surface area (Å²) >= 11 is 0. The molecule has 2 aliphatic heterocycles. The van der Waals surface area contributed by atoms with Crippen LogP contribution in [0.25, 0.3) is 0 Å². The lowest BCUT2D eigenvalue weighted by atomic mass is 9.83. The van der Waals surface area contributed by atoms with Gasteiger partial charge in [0.05, 0.1) is 43.0 Å². The fourth-order valence-electron chi connectivity index (χ4n) is 4.49. The highest BCUT2D eigenvalue weighted by Gasteiger charge is 2.44. The summed E-state index contributed by atoms with van der Waals surface area (Å²) in [6.45, 7) is 4.25. The Balaban J connectivity index is 1.74. The molecule has 24 heteroatoms. The zero-order valence-corrected chi connectivity index (χ0v) is 27.4. The first-order chi connectivity index (χ1) is 21.0. The molecule has 3 unspecified atom stereocenters. The van der Waals surface area contributed by atoms with Crippen LogP contribution in [-0.2, 0) is 36.3 Å². The molecule has 46 heavy (non-hydrogen) atoms. The molecule has 2 aliphatic rings. The molecule has 1 saturated heterocycles. The molecule has 8 N–H and O–H groups in total. The van der Waals surface area contributed by atoms with Crippen LogP contribution < -0.4 is 15.8 Å². The van der Waals surface area contributed by atoms with Crippen molar-refractivity contribution in [1.29, 1.82) is 0 Å². The number of nitrogens with one attached hydrogen (secondary N) is 1. The van der Waals surface area contributed by atoms with E-state index in [0.717, 1.165) is 4.90 Å². The standard InChI is InChI=1S/C22H35N4O17P3/c1-22(2,3)19(14-7-13(38-4)5-6-15(14)26(29)30)39-10-12-9-25(21(28)24-20(12)23)18-8-16(27)17(41-18)11-40-45(34,35)43-46(36,37)42-44(31,32)33/h5-7,9,16-20,27H,8,10-11,23H2,1-4H3,(H,24,28)(H,34,35)(H,36,37)(H2,31,32,33)/t16-,17+,18+,19+,20?/m0/s1. The molecule has 2 heterocycles. The Labute approximate surface area is 261 Å². The fraction of sp³-hybridized carbons (Fsp3) is 0.591. The minimum Gasteiger partial charge on any atom is -0.497 e. The second-order valence-corrected chi connectivity index (χ2v) is 15.5. The van der Waals surface area contributed by atoms with E-state index in [2.05, 4.69) is 18.5 Å². The summed E-state index contributed by atoms with van der Waals surface area (Å²) in [5.41, 5.74) is 5.77. The molecule has 1 aromatic carbocycles. The highest BCUT2D eigenvalue weighted by Crippen LogP contribution is 2.66. The van der Waals surface area contributed by atoms with Crippen LogP contribution in [0.4, 0.5) is 10.5 Å². The Morgan fingerprint density at radius 2 is 1.83 bits per heavy atom. The first-order valence-electron chi connectivity index (χ1n) is 13.1. The number of methoxy groups -OCH3 is 1. The molecule has 0 aromatic heterocycles. The van der Waals surface area contributed by atoms with Crippen LogP contribution in [-0.4, -0.2) is 85.5 Å². The van der Waals surface area contributed by atoms with Crippen LogP contribution >= 0.6 is 23.5 Å². The van der Waals surface area contributed by atoms with Gasteiger partial charge in [0.25, 0.3) is 5.69 Å². The predicted molar refractivity (Wildman–Crippen MR) is 153 cm³/mol. The van der Waals surface area contributed by atoms with Crippen LogP contribution in [0.5, 0.6) is 5.75 Å². The van der Waals surface area contributed by atoms with Gasteiger partial charge in [0.15, 0.2) is 0 Å². The summed E-state index contributed by atoms with van der Waals surface area (Å²) < 4.78 is 63.1. The number of nitrogens with two attached hydrogens (primary N) is 1. The Morgan fingerprint density at radius 1 is 1.17 bits per heavy atom. The summed E-state index contributed by atoms with van der Waals surface area (Å²) in [7, 11) is -15.4. The van der Waals surface area contributed by atoms with Crippen molar-refractivity contribution in [2.24, 2.45) is 11.1 Å². The first-order valence-corrected chi connectivity index (χ1v) is 17.6. The maximum absolute atomic E-state index is 12.8. The summed E-state index contributed by atoms with van der Waals surface area (Å²) in [5, 5.41) is 24.7. The van der Waals surface area contributed by atoms with Crippen LogP contribution in [0.3, 0.4) is 0 Å². The molecule has 0 aliphatic carbocycles. The highest BCUT2D eigenvalue weighted by atomic mass is 31.3. The van der Waals surface area contributed by atoms with Gasteiger partial charge >= 0.3 is 29.5 Å². The molecule has 260 valence electrons. The lowest BCUT2D eigenvalue weighted by Gasteiger charge is -2.35. The van der Waals surface area contributed by atoms with Gasteiger partial charge in [-0.3, -0.25) is 19.5 Å². The molecule has 0 bridgehead atoms. The fourth-order valence-corrected chi connectivity index (χ4v) is 7.52. The Hall–Kier alpha value is -2.32. The van der Waals surface area contributed by atoms with E-state index in [-0.39, 0.29) is 24.3 Å². The normalized spacial score (nSPS) is 25.7. The molecule has 0 saturated carbocycles. The number of carbonyl (C=O) groups excluding carboxylic acids is 1. The number of benzene rings is 1. The van der Waals surface area contributed by atoms with Gasteiger partial charge in [-0.05, 0) is 17.5 Å². The molecular formula is C22H35N4O17P3. The maximum atomic E-state index is 12.8. The smallest absolute Gasteiger partial charge is 0.490 e. The molecule has 7 atom stereocenters. The van der Waals surface area contributed by atoms with Gasteiger partial charge in [-0.25, -0.2) is 18.5 Å². The number of hydrogen-bond acceptors (Lipinski definition) is 14. The van der Waals surface area contributed by atoms with Crippen LogP contribution in [0.2, 0.25) is 0 Å². The van der Waals surface area contributed by atoms with E-state index in [1.54, 1.807) is 20.8 Å². The lowest BCUT2D eigenvalue weighted by molar-refractivity contribution is -0.386. The number of phosphoric ester groups is 1. The highest BCUT2D eigenvalue weighted by molar-refractivity contribution is 7.66. The lowest BCUT2D eigenvalue weighted by Crippen LogP contribution is -2.55. The molecule has 3 rings (SSSR count). The van der Waals surface area contributed by atoms with Gasteiger partial charge < -0.3 is 49.9 Å². The number of ether oxygens (including phenoxy) is 3. The average Bonchev–Trinajstić information content (AvgIpc) is 3.25. The number of nitro groups is 1. The minimum atomic E-state index is -5.76. The van der Waals surface area contributed by atoms with Gasteiger partial charge in [-0.2, -0.15) is 8.62 Å². The summed E-state index contributed by atoms with van der Waals surface area (Å²) in [5.74, 6) is 0.366. The Bertz CT molecular complexity index is 1480. The minimum absolute atomic E-state index is 0.201. The molecule has 21 nitrogen and oxygen atoms in total. The zero-order chi connectivity index (χ0) is 34.8. The van der Waals surface area contributed by atoms with Crippen molar-refractivity contribution < 1.29 is 75.4 Å². The molecule has 1 fully saturated rings. The third-order valence-corrected chi connectivity index (χ3v) is 10.3. The number of rotatable bonds is 14. The van der Waals surface area contributed by atoms with Gasteiger partial charge in [-0.15, -0.1) is 0 Å². The summed E-state index contributed by atoms with van der Waals surface area (Å²) in [6.07, 6.45) is -4.85. The van der Waals surface area contributed by atoms with Gasteiger partial charge in [0, 0.05) is 24.3 Å². The monoisotopic (exact) mass is 720 g/mol. The third kappa shape index (κ3) is 10.3. The van der Waals surface area contributed by atoms with Crippen molar-refractivity contribution >= 4 is 35.2 Å². The number of phosphoric acid groups is 3. The number of aliphatic hydroxyl groups is 1. The topological polar surface area (TPSA) is 309 Å². The number of carbonyl (C=O) groups is 1. The van der Waals surface area contributed by atoms with Crippen LogP contribution in [0.1, 0.15) is 38.9 Å². The van der Waals surface area contributed by atoms with Crippen LogP contribution in [0.15, 0.2) is 30.0 Å². The van der Waals surface area contributed by atoms with Crippen molar-refractivity contribution in [3.8, 4) is 5.75 Å². The van der Waals surface area contributed by atoms with Crippen LogP contribution in [0, 0.1) is 15.5 Å². The molecule has 0 spiro atoms. The number of amides is 2. The number of hydrogen-bond donors (Lipinski definition) is 7. The number of nitrogens with zero attached hydrogens (tertiary/aromatic N) is 2. The van der Waals surface area contributed by atoms with Gasteiger partial charge in [-0.1, -0.05) is 20.8 Å². The average molecular weight is 720 g/mol. The van der Waals surface area contributed by atoms with Gasteiger partial charge in [0.1, 0.15) is 24.2 Å². The SMILES string of the molecule is COc1ccc([N+](=O)[O-])c([C@@H](OCC2=CN([C@H]3C[C@H](O)[C@@H](COP(=O)(O)OP(=O)(O)OP(=O)(O)O)O3)C(=O)NC2N)C(C)(C)C)c1. The van der Waals surface area contributed by atoms with E-state index < -0.39 is 77.1 Å². The first kappa shape index (κ1) is 38.1. The van der Waals surface area contributed by atoms with Crippen molar-refractivity contribution in [3.63, 3.8) is 0 Å².